The van der Waals surface area contributed by atoms with Gasteiger partial charge in [-0.3, -0.25) is 9.59 Å². The summed E-state index contributed by atoms with van der Waals surface area (Å²) in [5.74, 6) is -1.51. The van der Waals surface area contributed by atoms with E-state index in [-0.39, 0.29) is 6.61 Å². The summed E-state index contributed by atoms with van der Waals surface area (Å²) >= 11 is 0. The van der Waals surface area contributed by atoms with Crippen molar-refractivity contribution in [2.45, 2.75) is 19.5 Å². The molecule has 0 spiro atoms. The van der Waals surface area contributed by atoms with E-state index in [0.29, 0.717) is 0 Å². The highest BCUT2D eigenvalue weighted by molar-refractivity contribution is 5.86. The number of hydrogen-bond acceptors (Lipinski definition) is 3. The van der Waals surface area contributed by atoms with Gasteiger partial charge in [-0.05, 0) is 5.56 Å². The van der Waals surface area contributed by atoms with Crippen molar-refractivity contribution in [2.24, 2.45) is 0 Å². The lowest BCUT2D eigenvalue weighted by atomic mass is 10.2. The number of benzene rings is 1. The predicted molar refractivity (Wildman–Crippen MR) is 67.8 cm³/mol. The van der Waals surface area contributed by atoms with Gasteiger partial charge in [0.05, 0.1) is 16.2 Å². The Bertz CT molecular complexity index is 668. The van der Waals surface area contributed by atoms with Gasteiger partial charge < -0.3 is 15.4 Å². The smallest absolute Gasteiger partial charge is 0.245 e. The lowest BCUT2D eigenvalue weighted by Gasteiger charge is -2.16. The zero-order valence-corrected chi connectivity index (χ0v) is 10.0. The standard InChI is InChI=1S/C13H18N2O3/c1-10(16)15-12(9-18-2)13(17)14-8-11-6-4-3-5-7-11/h3-7,12H,8-9H2,1-2H3,(H,14,17)(H,15,16)/i3D,4D,5D,6D,7D,8D2. The van der Waals surface area contributed by atoms with Crippen LogP contribution in [0.1, 0.15) is 22.1 Å². The van der Waals surface area contributed by atoms with Crippen LogP contribution in [0, 0.1) is 0 Å². The Hall–Kier alpha value is -1.88. The van der Waals surface area contributed by atoms with Crippen LogP contribution in [-0.2, 0) is 20.8 Å². The monoisotopic (exact) mass is 257 g/mol. The van der Waals surface area contributed by atoms with Crippen LogP contribution in [0.3, 0.4) is 0 Å². The molecule has 2 amide bonds. The van der Waals surface area contributed by atoms with Crippen molar-refractivity contribution in [3.8, 4) is 0 Å². The molecule has 2 N–H and O–H groups in total. The van der Waals surface area contributed by atoms with Gasteiger partial charge in [0, 0.05) is 20.5 Å². The third-order valence-corrected chi connectivity index (χ3v) is 1.84. The van der Waals surface area contributed by atoms with E-state index in [1.807, 2.05) is 5.32 Å². The van der Waals surface area contributed by atoms with E-state index >= 15 is 0 Å². The quantitative estimate of drug-likeness (QED) is 0.777. The van der Waals surface area contributed by atoms with E-state index in [9.17, 15) is 9.59 Å². The predicted octanol–water partition coefficient (Wildman–Crippen LogP) is 0.454. The molecule has 0 aliphatic rings. The number of rotatable bonds is 6. The van der Waals surface area contributed by atoms with Gasteiger partial charge in [0.2, 0.25) is 11.8 Å². The highest BCUT2D eigenvalue weighted by Crippen LogP contribution is 1.97. The third-order valence-electron chi connectivity index (χ3n) is 1.84. The molecule has 1 rings (SSSR count). The third kappa shape index (κ3) is 4.97. The van der Waals surface area contributed by atoms with Crippen molar-refractivity contribution < 1.29 is 23.9 Å². The minimum atomic E-state index is -2.77. The zero-order chi connectivity index (χ0) is 19.5. The fourth-order valence-electron chi connectivity index (χ4n) is 1.12. The van der Waals surface area contributed by atoms with Crippen molar-refractivity contribution in [3.63, 3.8) is 0 Å². The number of nitrogens with one attached hydrogen (secondary N) is 2. The summed E-state index contributed by atoms with van der Waals surface area (Å²) in [6.07, 6.45) is 0. The van der Waals surface area contributed by atoms with Crippen LogP contribution in [0.25, 0.3) is 0 Å². The molecule has 0 aliphatic carbocycles. The molecule has 0 aromatic heterocycles. The Morgan fingerprint density at radius 2 is 2.11 bits per heavy atom. The second kappa shape index (κ2) is 7.45. The van der Waals surface area contributed by atoms with Crippen LogP contribution >= 0.6 is 0 Å². The van der Waals surface area contributed by atoms with Gasteiger partial charge in [-0.2, -0.15) is 0 Å². The summed E-state index contributed by atoms with van der Waals surface area (Å²) in [6.45, 7) is -1.84. The van der Waals surface area contributed by atoms with E-state index < -0.39 is 60.1 Å². The SMILES string of the molecule is [2H]c1c([2H])c([2H])c(C([2H])([2H])NC(=O)C(COC)NC(C)=O)c([2H])c1[2H]. The molecule has 1 unspecified atom stereocenters. The molecule has 0 radical (unpaired) electrons. The molecule has 5 heteroatoms. The van der Waals surface area contributed by atoms with Gasteiger partial charge in [-0.1, -0.05) is 30.2 Å². The molecule has 0 fully saturated rings. The molecular formula is C13H18N2O3. The maximum atomic E-state index is 12.2. The first-order valence-electron chi connectivity index (χ1n) is 8.59. The summed E-state index contributed by atoms with van der Waals surface area (Å²) in [7, 11) is 1.28. The maximum absolute atomic E-state index is 12.2. The number of carbonyl (C=O) groups is 2. The van der Waals surface area contributed by atoms with Crippen LogP contribution in [0.15, 0.2) is 30.2 Å². The fraction of sp³-hybridized carbons (Fsp3) is 0.385. The van der Waals surface area contributed by atoms with E-state index in [1.54, 1.807) is 0 Å². The molecule has 0 saturated heterocycles. The molecule has 98 valence electrons. The number of carbonyl (C=O) groups excluding carboxylic acids is 2. The van der Waals surface area contributed by atoms with Crippen molar-refractivity contribution >= 4 is 11.8 Å². The van der Waals surface area contributed by atoms with Crippen molar-refractivity contribution in [1.82, 2.24) is 10.6 Å². The first-order valence-corrected chi connectivity index (χ1v) is 5.09. The van der Waals surface area contributed by atoms with Crippen molar-refractivity contribution in [2.75, 3.05) is 13.7 Å². The molecule has 1 atom stereocenters. The summed E-state index contributed by atoms with van der Waals surface area (Å²) in [5.41, 5.74) is -0.703. The highest BCUT2D eigenvalue weighted by Gasteiger charge is 2.18. The summed E-state index contributed by atoms with van der Waals surface area (Å²) < 4.78 is 58.9. The Kier molecular flexibility index (Phi) is 2.85. The van der Waals surface area contributed by atoms with Gasteiger partial charge >= 0.3 is 0 Å². The van der Waals surface area contributed by atoms with Gasteiger partial charge in [0.1, 0.15) is 6.04 Å². The topological polar surface area (TPSA) is 67.4 Å². The van der Waals surface area contributed by atoms with Gasteiger partial charge in [-0.15, -0.1) is 0 Å². The lowest BCUT2D eigenvalue weighted by Crippen LogP contribution is -2.48. The van der Waals surface area contributed by atoms with Crippen LogP contribution in [0.5, 0.6) is 0 Å². The van der Waals surface area contributed by atoms with Gasteiger partial charge in [0.25, 0.3) is 0 Å². The second-order valence-corrected chi connectivity index (χ2v) is 3.32. The zero-order valence-electron chi connectivity index (χ0n) is 17.0. The largest absolute Gasteiger partial charge is 0.382 e. The van der Waals surface area contributed by atoms with Crippen molar-refractivity contribution in [1.29, 1.82) is 0 Å². The molecular weight excluding hydrogens is 232 g/mol. The minimum absolute atomic E-state index is 0.234. The van der Waals surface area contributed by atoms with Crippen LogP contribution < -0.4 is 10.6 Å². The minimum Gasteiger partial charge on any atom is -0.382 e. The first-order chi connectivity index (χ1) is 11.4. The number of methoxy groups -OCH3 is 1. The van der Waals surface area contributed by atoms with Gasteiger partial charge in [-0.25, -0.2) is 0 Å². The molecule has 0 heterocycles. The maximum Gasteiger partial charge on any atom is 0.245 e. The molecule has 1 aromatic rings. The second-order valence-electron chi connectivity index (χ2n) is 3.32. The Morgan fingerprint density at radius 3 is 2.67 bits per heavy atom. The summed E-state index contributed by atoms with van der Waals surface area (Å²) in [4.78, 5) is 23.4. The van der Waals surface area contributed by atoms with Crippen LogP contribution in [0.4, 0.5) is 0 Å². The normalized spacial score (nSPS) is 18.0. The molecule has 1 aromatic carbocycles. The van der Waals surface area contributed by atoms with Crippen LogP contribution in [0.2, 0.25) is 0 Å². The molecule has 0 aliphatic heterocycles. The van der Waals surface area contributed by atoms with E-state index in [4.69, 9.17) is 14.3 Å². The Morgan fingerprint density at radius 1 is 1.44 bits per heavy atom. The number of amides is 2. The van der Waals surface area contributed by atoms with Gasteiger partial charge in [0.15, 0.2) is 0 Å². The molecule has 5 nitrogen and oxygen atoms in total. The number of hydrogen-bond donors (Lipinski definition) is 2. The highest BCUT2D eigenvalue weighted by atomic mass is 16.5. The summed E-state index contributed by atoms with van der Waals surface area (Å²) in [6, 6.07) is -4.84. The van der Waals surface area contributed by atoms with E-state index in [0.717, 1.165) is 0 Å². The van der Waals surface area contributed by atoms with E-state index in [2.05, 4.69) is 5.32 Å². The molecule has 18 heavy (non-hydrogen) atoms. The Balaban J connectivity index is 3.25. The summed E-state index contributed by atoms with van der Waals surface area (Å²) in [5, 5.41) is 4.23. The fourth-order valence-corrected chi connectivity index (χ4v) is 1.12. The van der Waals surface area contributed by atoms with E-state index in [1.165, 1.54) is 14.0 Å². The average molecular weight is 257 g/mol. The van der Waals surface area contributed by atoms with Crippen molar-refractivity contribution in [3.05, 3.63) is 35.8 Å². The molecule has 0 bridgehead atoms. The average Bonchev–Trinajstić information content (AvgIpc) is 2.49. The number of ether oxygens (including phenoxy) is 1. The molecule has 0 saturated carbocycles. The Labute approximate surface area is 116 Å². The van der Waals surface area contributed by atoms with Crippen LogP contribution in [-0.4, -0.2) is 31.6 Å². The lowest BCUT2D eigenvalue weighted by molar-refractivity contribution is -0.129. The first kappa shape index (κ1) is 6.89.